The molecule has 2 rings (SSSR count). The lowest BCUT2D eigenvalue weighted by Gasteiger charge is -2.07. The Kier molecular flexibility index (Phi) is 4.64. The number of nitrogens with one attached hydrogen (secondary N) is 1. The van der Waals surface area contributed by atoms with Crippen LogP contribution in [0.1, 0.15) is 11.1 Å². The molecule has 1 aromatic carbocycles. The highest BCUT2D eigenvalue weighted by atomic mass is 35.5. The Labute approximate surface area is 117 Å². The highest BCUT2D eigenvalue weighted by Gasteiger charge is 2.03. The summed E-state index contributed by atoms with van der Waals surface area (Å²) >= 11 is 7.48. The van der Waals surface area contributed by atoms with Gasteiger partial charge in [-0.05, 0) is 43.3 Å². The molecule has 2 nitrogen and oxygen atoms in total. The summed E-state index contributed by atoms with van der Waals surface area (Å²) in [5, 5.41) is 4.78. The Balaban J connectivity index is 2.16. The Morgan fingerprint density at radius 1 is 1.28 bits per heavy atom. The summed E-state index contributed by atoms with van der Waals surface area (Å²) in [6.45, 7) is 3.02. The van der Waals surface area contributed by atoms with Crippen LogP contribution in [0.3, 0.4) is 0 Å². The summed E-state index contributed by atoms with van der Waals surface area (Å²) in [5.74, 6) is 0. The first-order chi connectivity index (χ1) is 8.69. The van der Waals surface area contributed by atoms with Crippen LogP contribution in [-0.2, 0) is 6.54 Å². The van der Waals surface area contributed by atoms with Gasteiger partial charge in [-0.2, -0.15) is 0 Å². The summed E-state index contributed by atoms with van der Waals surface area (Å²) < 4.78 is 0. The first kappa shape index (κ1) is 13.4. The van der Waals surface area contributed by atoms with Crippen molar-refractivity contribution in [1.82, 2.24) is 10.3 Å². The monoisotopic (exact) mass is 278 g/mol. The lowest BCUT2D eigenvalue weighted by Crippen LogP contribution is -2.05. The molecule has 0 aliphatic carbocycles. The van der Waals surface area contributed by atoms with Crippen LogP contribution in [-0.4, -0.2) is 12.0 Å². The molecule has 0 spiro atoms. The van der Waals surface area contributed by atoms with Crippen molar-refractivity contribution < 1.29 is 0 Å². The lowest BCUT2D eigenvalue weighted by atomic mass is 10.1. The number of hydrogen-bond donors (Lipinski definition) is 1. The fraction of sp³-hybridized carbons (Fsp3) is 0.214. The standard InChI is InChI=1S/C14H15ClN2S/c1-10-7-11(8-16-2)3-5-13(10)18-14-6-4-12(15)9-17-14/h3-7,9,16H,8H2,1-2H3. The largest absolute Gasteiger partial charge is 0.316 e. The number of halogens is 1. The molecule has 0 bridgehead atoms. The molecule has 1 aromatic heterocycles. The molecule has 0 amide bonds. The van der Waals surface area contributed by atoms with Crippen molar-refractivity contribution in [3.05, 3.63) is 52.7 Å². The average molecular weight is 279 g/mol. The fourth-order valence-corrected chi connectivity index (χ4v) is 2.61. The molecule has 0 saturated heterocycles. The minimum atomic E-state index is 0.667. The molecule has 0 fully saturated rings. The second-order valence-corrected chi connectivity index (χ2v) is 5.55. The fourth-order valence-electron chi connectivity index (χ4n) is 1.68. The van der Waals surface area contributed by atoms with Gasteiger partial charge in [0.05, 0.1) is 5.02 Å². The van der Waals surface area contributed by atoms with Gasteiger partial charge in [-0.1, -0.05) is 35.5 Å². The molecule has 0 unspecified atom stereocenters. The Morgan fingerprint density at radius 2 is 2.11 bits per heavy atom. The zero-order valence-corrected chi connectivity index (χ0v) is 12.0. The maximum absolute atomic E-state index is 5.82. The van der Waals surface area contributed by atoms with Crippen molar-refractivity contribution >= 4 is 23.4 Å². The average Bonchev–Trinajstić information content (AvgIpc) is 2.36. The highest BCUT2D eigenvalue weighted by Crippen LogP contribution is 2.29. The SMILES string of the molecule is CNCc1ccc(Sc2ccc(Cl)cn2)c(C)c1. The number of nitrogens with zero attached hydrogens (tertiary/aromatic N) is 1. The Morgan fingerprint density at radius 3 is 2.72 bits per heavy atom. The van der Waals surface area contributed by atoms with Gasteiger partial charge in [0.2, 0.25) is 0 Å². The molecule has 1 N–H and O–H groups in total. The molecule has 2 aromatic rings. The van der Waals surface area contributed by atoms with E-state index >= 15 is 0 Å². The van der Waals surface area contributed by atoms with Crippen molar-refractivity contribution in [1.29, 1.82) is 0 Å². The van der Waals surface area contributed by atoms with Gasteiger partial charge in [0.1, 0.15) is 5.03 Å². The maximum atomic E-state index is 5.82. The lowest BCUT2D eigenvalue weighted by molar-refractivity contribution is 0.815. The molecule has 94 valence electrons. The van der Waals surface area contributed by atoms with E-state index in [1.54, 1.807) is 18.0 Å². The Hall–Kier alpha value is -1.03. The van der Waals surface area contributed by atoms with Gasteiger partial charge < -0.3 is 5.32 Å². The van der Waals surface area contributed by atoms with E-state index in [0.717, 1.165) is 11.6 Å². The molecule has 0 aliphatic rings. The number of pyridine rings is 1. The number of benzene rings is 1. The van der Waals surface area contributed by atoms with Crippen LogP contribution in [0.5, 0.6) is 0 Å². The molecular formula is C14H15ClN2S. The third-order valence-corrected chi connectivity index (χ3v) is 3.89. The Bertz CT molecular complexity index is 526. The third kappa shape index (κ3) is 3.48. The van der Waals surface area contributed by atoms with Crippen LogP contribution >= 0.6 is 23.4 Å². The molecule has 18 heavy (non-hydrogen) atoms. The zero-order valence-electron chi connectivity index (χ0n) is 10.4. The van der Waals surface area contributed by atoms with Gasteiger partial charge in [0, 0.05) is 17.6 Å². The third-order valence-electron chi connectivity index (χ3n) is 2.54. The van der Waals surface area contributed by atoms with E-state index in [1.165, 1.54) is 16.0 Å². The summed E-state index contributed by atoms with van der Waals surface area (Å²) in [7, 11) is 1.95. The molecule has 0 atom stereocenters. The van der Waals surface area contributed by atoms with Crippen molar-refractivity contribution in [2.45, 2.75) is 23.4 Å². The summed E-state index contributed by atoms with van der Waals surface area (Å²) in [6.07, 6.45) is 1.68. The molecule has 0 aliphatic heterocycles. The van der Waals surface area contributed by atoms with Gasteiger partial charge in [-0.25, -0.2) is 4.98 Å². The normalized spacial score (nSPS) is 10.6. The quantitative estimate of drug-likeness (QED) is 0.918. The van der Waals surface area contributed by atoms with E-state index in [-0.39, 0.29) is 0 Å². The van der Waals surface area contributed by atoms with Gasteiger partial charge in [-0.3, -0.25) is 0 Å². The second kappa shape index (κ2) is 6.23. The minimum Gasteiger partial charge on any atom is -0.316 e. The molecule has 0 radical (unpaired) electrons. The molecule has 1 heterocycles. The van der Waals surface area contributed by atoms with Crippen LogP contribution in [0, 0.1) is 6.92 Å². The van der Waals surface area contributed by atoms with Crippen LogP contribution < -0.4 is 5.32 Å². The zero-order chi connectivity index (χ0) is 13.0. The first-order valence-electron chi connectivity index (χ1n) is 5.72. The number of aryl methyl sites for hydroxylation is 1. The van der Waals surface area contributed by atoms with Crippen molar-refractivity contribution in [2.75, 3.05) is 7.05 Å². The summed E-state index contributed by atoms with van der Waals surface area (Å²) in [5.41, 5.74) is 2.56. The van der Waals surface area contributed by atoms with Gasteiger partial charge in [0.15, 0.2) is 0 Å². The minimum absolute atomic E-state index is 0.667. The van der Waals surface area contributed by atoms with Gasteiger partial charge >= 0.3 is 0 Å². The van der Waals surface area contributed by atoms with E-state index in [2.05, 4.69) is 35.4 Å². The molecule has 4 heteroatoms. The van der Waals surface area contributed by atoms with Crippen molar-refractivity contribution in [3.63, 3.8) is 0 Å². The first-order valence-corrected chi connectivity index (χ1v) is 6.92. The van der Waals surface area contributed by atoms with E-state index < -0.39 is 0 Å². The highest BCUT2D eigenvalue weighted by molar-refractivity contribution is 7.99. The van der Waals surface area contributed by atoms with E-state index in [9.17, 15) is 0 Å². The molecular weight excluding hydrogens is 264 g/mol. The summed E-state index contributed by atoms with van der Waals surface area (Å²) in [6, 6.07) is 10.3. The van der Waals surface area contributed by atoms with Crippen LogP contribution in [0.4, 0.5) is 0 Å². The predicted octanol–water partition coefficient (Wildman–Crippen LogP) is 3.91. The number of rotatable bonds is 4. The van der Waals surface area contributed by atoms with Crippen LogP contribution in [0.15, 0.2) is 46.5 Å². The van der Waals surface area contributed by atoms with E-state index in [4.69, 9.17) is 11.6 Å². The number of hydrogen-bond acceptors (Lipinski definition) is 3. The number of aromatic nitrogens is 1. The predicted molar refractivity (Wildman–Crippen MR) is 77.3 cm³/mol. The van der Waals surface area contributed by atoms with E-state index in [0.29, 0.717) is 5.02 Å². The van der Waals surface area contributed by atoms with Gasteiger partial charge in [0.25, 0.3) is 0 Å². The molecule has 0 saturated carbocycles. The second-order valence-electron chi connectivity index (χ2n) is 4.05. The van der Waals surface area contributed by atoms with Crippen molar-refractivity contribution in [3.8, 4) is 0 Å². The van der Waals surface area contributed by atoms with Crippen LogP contribution in [0.25, 0.3) is 0 Å². The maximum Gasteiger partial charge on any atom is 0.101 e. The van der Waals surface area contributed by atoms with E-state index in [1.807, 2.05) is 19.2 Å². The van der Waals surface area contributed by atoms with Crippen molar-refractivity contribution in [2.24, 2.45) is 0 Å². The van der Waals surface area contributed by atoms with Gasteiger partial charge in [-0.15, -0.1) is 0 Å². The topological polar surface area (TPSA) is 24.9 Å². The summed E-state index contributed by atoms with van der Waals surface area (Å²) in [4.78, 5) is 5.52. The smallest absolute Gasteiger partial charge is 0.101 e. The van der Waals surface area contributed by atoms with Crippen LogP contribution in [0.2, 0.25) is 5.02 Å².